The summed E-state index contributed by atoms with van der Waals surface area (Å²) in [6, 6.07) is 15.5. The van der Waals surface area contributed by atoms with Crippen molar-refractivity contribution in [3.8, 4) is 0 Å². The summed E-state index contributed by atoms with van der Waals surface area (Å²) >= 11 is 0. The fraction of sp³-hybridized carbons (Fsp3) is 0.462. The molecule has 2 aromatic rings. The van der Waals surface area contributed by atoms with Gasteiger partial charge in [0.1, 0.15) is 0 Å². The van der Waals surface area contributed by atoms with Crippen molar-refractivity contribution < 1.29 is 18.0 Å². The number of amides is 2. The molecule has 2 amide bonds. The number of piperidine rings is 1. The zero-order valence-corrected chi connectivity index (χ0v) is 21.3. The fourth-order valence-corrected chi connectivity index (χ4v) is 6.53. The minimum Gasteiger partial charge on any atom is -0.368 e. The molecule has 0 bridgehead atoms. The fourth-order valence-electron chi connectivity index (χ4n) is 4.86. The van der Waals surface area contributed by atoms with Gasteiger partial charge in [-0.25, -0.2) is 8.42 Å². The van der Waals surface area contributed by atoms with Crippen molar-refractivity contribution in [3.05, 3.63) is 59.7 Å². The van der Waals surface area contributed by atoms with Crippen molar-refractivity contribution in [1.82, 2.24) is 14.5 Å². The second kappa shape index (κ2) is 10.8. The van der Waals surface area contributed by atoms with Crippen LogP contribution >= 0.6 is 0 Å². The van der Waals surface area contributed by atoms with Crippen LogP contribution in [0.1, 0.15) is 24.0 Å². The monoisotopic (exact) mass is 498 g/mol. The molecule has 0 aliphatic carbocycles. The molecule has 2 aromatic carbocycles. The van der Waals surface area contributed by atoms with Gasteiger partial charge in [0.15, 0.2) is 0 Å². The van der Waals surface area contributed by atoms with E-state index in [0.717, 1.165) is 29.9 Å². The maximum absolute atomic E-state index is 13.1. The SMILES string of the molecule is Cc1ccc(S(=O)(=O)N2CCC(C(=O)NCC(=O)N3CCN(c4ccccc4)CC3)CC2)c(C)c1. The summed E-state index contributed by atoms with van der Waals surface area (Å²) in [6.07, 6.45) is 0.889. The summed E-state index contributed by atoms with van der Waals surface area (Å²) in [6.45, 7) is 7.07. The van der Waals surface area contributed by atoms with E-state index in [1.807, 2.05) is 31.2 Å². The maximum Gasteiger partial charge on any atom is 0.243 e. The minimum absolute atomic E-state index is 0.0226. The highest BCUT2D eigenvalue weighted by Gasteiger charge is 2.33. The van der Waals surface area contributed by atoms with E-state index in [2.05, 4.69) is 22.3 Å². The number of carbonyl (C=O) groups excluding carboxylic acids is 2. The van der Waals surface area contributed by atoms with Crippen LogP contribution in [-0.2, 0) is 19.6 Å². The summed E-state index contributed by atoms with van der Waals surface area (Å²) in [5.41, 5.74) is 2.90. The van der Waals surface area contributed by atoms with Gasteiger partial charge in [0.25, 0.3) is 0 Å². The van der Waals surface area contributed by atoms with Crippen molar-refractivity contribution in [2.75, 3.05) is 50.7 Å². The topological polar surface area (TPSA) is 90.0 Å². The Morgan fingerprint density at radius 3 is 2.20 bits per heavy atom. The van der Waals surface area contributed by atoms with Gasteiger partial charge in [-0.2, -0.15) is 4.31 Å². The second-order valence-electron chi connectivity index (χ2n) is 9.37. The number of benzene rings is 2. The Morgan fingerprint density at radius 2 is 1.57 bits per heavy atom. The average molecular weight is 499 g/mol. The molecule has 0 atom stereocenters. The number of nitrogens with one attached hydrogen (secondary N) is 1. The third-order valence-corrected chi connectivity index (χ3v) is 9.00. The van der Waals surface area contributed by atoms with Crippen LogP contribution in [0.3, 0.4) is 0 Å². The number of anilines is 1. The predicted molar refractivity (Wildman–Crippen MR) is 136 cm³/mol. The van der Waals surface area contributed by atoms with Crippen LogP contribution in [-0.4, -0.2) is 75.3 Å². The molecule has 4 rings (SSSR count). The Bertz CT molecular complexity index is 1150. The molecule has 2 saturated heterocycles. The molecule has 1 N–H and O–H groups in total. The molecule has 2 aliphatic rings. The van der Waals surface area contributed by atoms with Crippen molar-refractivity contribution >= 4 is 27.5 Å². The molecule has 2 fully saturated rings. The summed E-state index contributed by atoms with van der Waals surface area (Å²) in [7, 11) is -3.59. The van der Waals surface area contributed by atoms with Gasteiger partial charge in [-0.3, -0.25) is 9.59 Å². The van der Waals surface area contributed by atoms with Crippen LogP contribution in [0, 0.1) is 19.8 Å². The quantitative estimate of drug-likeness (QED) is 0.659. The predicted octanol–water partition coefficient (Wildman–Crippen LogP) is 2.17. The molecule has 0 unspecified atom stereocenters. The van der Waals surface area contributed by atoms with E-state index in [-0.39, 0.29) is 24.3 Å². The molecular formula is C26H34N4O4S. The normalized spacial score (nSPS) is 17.9. The van der Waals surface area contributed by atoms with Gasteiger partial charge in [0.05, 0.1) is 11.4 Å². The number of carbonyl (C=O) groups is 2. The first kappa shape index (κ1) is 25.2. The largest absolute Gasteiger partial charge is 0.368 e. The molecular weight excluding hydrogens is 464 g/mol. The van der Waals surface area contributed by atoms with E-state index in [9.17, 15) is 18.0 Å². The Hall–Kier alpha value is -2.91. The summed E-state index contributed by atoms with van der Waals surface area (Å²) in [5.74, 6) is -0.547. The van der Waals surface area contributed by atoms with Gasteiger partial charge in [-0.05, 0) is 50.5 Å². The van der Waals surface area contributed by atoms with Gasteiger partial charge >= 0.3 is 0 Å². The van der Waals surface area contributed by atoms with Gasteiger partial charge < -0.3 is 15.1 Å². The number of nitrogens with zero attached hydrogens (tertiary/aromatic N) is 3. The zero-order chi connectivity index (χ0) is 25.0. The van der Waals surface area contributed by atoms with E-state index in [1.165, 1.54) is 4.31 Å². The van der Waals surface area contributed by atoms with Crippen LogP contribution in [0.25, 0.3) is 0 Å². The van der Waals surface area contributed by atoms with E-state index in [4.69, 9.17) is 0 Å². The van der Waals surface area contributed by atoms with E-state index in [0.29, 0.717) is 43.9 Å². The summed E-state index contributed by atoms with van der Waals surface area (Å²) < 4.78 is 27.6. The van der Waals surface area contributed by atoms with E-state index in [1.54, 1.807) is 24.0 Å². The van der Waals surface area contributed by atoms with Gasteiger partial charge in [0.2, 0.25) is 21.8 Å². The number of sulfonamides is 1. The van der Waals surface area contributed by atoms with Crippen molar-refractivity contribution in [2.45, 2.75) is 31.6 Å². The van der Waals surface area contributed by atoms with Crippen molar-refractivity contribution in [3.63, 3.8) is 0 Å². The molecule has 0 spiro atoms. The lowest BCUT2D eigenvalue weighted by Crippen LogP contribution is -2.52. The highest BCUT2D eigenvalue weighted by Crippen LogP contribution is 2.26. The molecule has 0 saturated carbocycles. The zero-order valence-electron chi connectivity index (χ0n) is 20.4. The van der Waals surface area contributed by atoms with Gasteiger partial charge in [0, 0.05) is 50.9 Å². The highest BCUT2D eigenvalue weighted by atomic mass is 32.2. The lowest BCUT2D eigenvalue weighted by Gasteiger charge is -2.36. The first-order chi connectivity index (χ1) is 16.8. The van der Waals surface area contributed by atoms with Crippen LogP contribution < -0.4 is 10.2 Å². The lowest BCUT2D eigenvalue weighted by atomic mass is 9.97. The van der Waals surface area contributed by atoms with E-state index < -0.39 is 10.0 Å². The molecule has 0 aromatic heterocycles. The summed E-state index contributed by atoms with van der Waals surface area (Å²) in [5, 5.41) is 2.78. The van der Waals surface area contributed by atoms with Crippen LogP contribution in [0.4, 0.5) is 5.69 Å². The standard InChI is InChI=1S/C26H34N4O4S/c1-20-8-9-24(21(2)18-20)35(33,34)30-12-10-22(11-13-30)26(32)27-19-25(31)29-16-14-28(15-17-29)23-6-4-3-5-7-23/h3-9,18,22H,10-17,19H2,1-2H3,(H,27,32). The first-order valence-electron chi connectivity index (χ1n) is 12.2. The van der Waals surface area contributed by atoms with Crippen LogP contribution in [0.15, 0.2) is 53.4 Å². The minimum atomic E-state index is -3.59. The number of piperazine rings is 1. The lowest BCUT2D eigenvalue weighted by molar-refractivity contribution is -0.134. The number of para-hydroxylation sites is 1. The number of hydrogen-bond donors (Lipinski definition) is 1. The Labute approximate surface area is 207 Å². The Morgan fingerprint density at radius 1 is 0.914 bits per heavy atom. The molecule has 9 heteroatoms. The van der Waals surface area contributed by atoms with Crippen LogP contribution in [0.5, 0.6) is 0 Å². The smallest absolute Gasteiger partial charge is 0.243 e. The van der Waals surface area contributed by atoms with E-state index >= 15 is 0 Å². The number of rotatable bonds is 6. The summed E-state index contributed by atoms with van der Waals surface area (Å²) in [4.78, 5) is 29.7. The van der Waals surface area contributed by atoms with Gasteiger partial charge in [-0.1, -0.05) is 35.9 Å². The molecule has 2 heterocycles. The third-order valence-electron chi connectivity index (χ3n) is 6.94. The Kier molecular flexibility index (Phi) is 7.76. The average Bonchev–Trinajstić information content (AvgIpc) is 2.87. The van der Waals surface area contributed by atoms with Gasteiger partial charge in [-0.15, -0.1) is 0 Å². The van der Waals surface area contributed by atoms with Crippen molar-refractivity contribution in [1.29, 1.82) is 0 Å². The molecule has 8 nitrogen and oxygen atoms in total. The second-order valence-corrected chi connectivity index (χ2v) is 11.3. The Balaban J connectivity index is 1.22. The molecule has 0 radical (unpaired) electrons. The highest BCUT2D eigenvalue weighted by molar-refractivity contribution is 7.89. The van der Waals surface area contributed by atoms with Crippen LogP contribution in [0.2, 0.25) is 0 Å². The molecule has 2 aliphatic heterocycles. The number of hydrogen-bond acceptors (Lipinski definition) is 5. The maximum atomic E-state index is 13.1. The number of aryl methyl sites for hydroxylation is 2. The third kappa shape index (κ3) is 5.85. The van der Waals surface area contributed by atoms with Crippen molar-refractivity contribution in [2.24, 2.45) is 5.92 Å². The molecule has 35 heavy (non-hydrogen) atoms. The molecule has 188 valence electrons. The first-order valence-corrected chi connectivity index (χ1v) is 13.6.